The Kier molecular flexibility index (Phi) is 3.95. The molecule has 0 spiro atoms. The van der Waals surface area contributed by atoms with Crippen LogP contribution in [0.3, 0.4) is 0 Å². The highest BCUT2D eigenvalue weighted by Gasteiger charge is 2.32. The molecule has 1 unspecified atom stereocenters. The first-order valence-electron chi connectivity index (χ1n) is 7.97. The van der Waals surface area contributed by atoms with Crippen LogP contribution in [0.5, 0.6) is 0 Å². The Morgan fingerprint density at radius 2 is 2.04 bits per heavy atom. The third kappa shape index (κ3) is 3.05. The van der Waals surface area contributed by atoms with Crippen molar-refractivity contribution in [3.8, 4) is 0 Å². The van der Waals surface area contributed by atoms with Crippen LogP contribution in [0, 0.1) is 5.92 Å². The van der Waals surface area contributed by atoms with Crippen LogP contribution in [0.15, 0.2) is 29.6 Å². The predicted octanol–water partition coefficient (Wildman–Crippen LogP) is 4.14. The van der Waals surface area contributed by atoms with Crippen LogP contribution in [-0.2, 0) is 4.79 Å². The number of nitrogens with zero attached hydrogens (tertiary/aromatic N) is 1. The summed E-state index contributed by atoms with van der Waals surface area (Å²) in [6.45, 7) is 0.809. The highest BCUT2D eigenvalue weighted by atomic mass is 32.1. The smallest absolute Gasteiger partial charge is 0.264 e. The number of likely N-dealkylation sites (tertiary alicyclic amines) is 1. The average Bonchev–Trinajstić information content (AvgIpc) is 2.99. The van der Waals surface area contributed by atoms with Gasteiger partial charge >= 0.3 is 0 Å². The number of thiophene rings is 2. The summed E-state index contributed by atoms with van der Waals surface area (Å²) in [5.41, 5.74) is 0. The first kappa shape index (κ1) is 14.9. The Morgan fingerprint density at radius 1 is 1.17 bits per heavy atom. The van der Waals surface area contributed by atoms with Gasteiger partial charge < -0.3 is 10.2 Å². The molecular formula is C17H18N2O2S2. The van der Waals surface area contributed by atoms with Crippen LogP contribution in [0.2, 0.25) is 0 Å². The first-order chi connectivity index (χ1) is 11.2. The number of carbonyl (C=O) groups excluding carboxylic acids is 2. The van der Waals surface area contributed by atoms with Crippen molar-refractivity contribution in [2.75, 3.05) is 11.9 Å². The minimum atomic E-state index is 0.0813. The van der Waals surface area contributed by atoms with Crippen LogP contribution < -0.4 is 5.32 Å². The van der Waals surface area contributed by atoms with Crippen molar-refractivity contribution in [3.63, 3.8) is 0 Å². The maximum atomic E-state index is 12.8. The number of rotatable bonds is 4. The molecule has 120 valence electrons. The first-order valence-corrected chi connectivity index (χ1v) is 9.67. The Labute approximate surface area is 143 Å². The molecule has 6 heteroatoms. The molecule has 2 aromatic heterocycles. The maximum absolute atomic E-state index is 12.8. The lowest BCUT2D eigenvalue weighted by atomic mass is 10.2. The largest absolute Gasteiger partial charge is 0.330 e. The van der Waals surface area contributed by atoms with E-state index in [1.54, 1.807) is 11.3 Å². The maximum Gasteiger partial charge on any atom is 0.264 e. The molecule has 1 saturated heterocycles. The van der Waals surface area contributed by atoms with Gasteiger partial charge in [-0.3, -0.25) is 9.59 Å². The van der Waals surface area contributed by atoms with Crippen LogP contribution in [0.25, 0.3) is 0 Å². The van der Waals surface area contributed by atoms with Crippen LogP contribution in [-0.4, -0.2) is 23.3 Å². The fourth-order valence-corrected chi connectivity index (χ4v) is 4.76. The second kappa shape index (κ2) is 6.09. The molecule has 1 atom stereocenters. The molecule has 1 aliphatic heterocycles. The van der Waals surface area contributed by atoms with Gasteiger partial charge in [-0.05, 0) is 49.3 Å². The molecule has 4 nitrogen and oxygen atoms in total. The third-order valence-electron chi connectivity index (χ3n) is 4.40. The highest BCUT2D eigenvalue weighted by molar-refractivity contribution is 7.18. The molecule has 1 aliphatic carbocycles. The molecule has 1 saturated carbocycles. The van der Waals surface area contributed by atoms with Crippen molar-refractivity contribution >= 4 is 39.5 Å². The van der Waals surface area contributed by atoms with E-state index in [4.69, 9.17) is 0 Å². The summed E-state index contributed by atoms with van der Waals surface area (Å²) in [5.74, 6) is 0.347. The lowest BCUT2D eigenvalue weighted by Crippen LogP contribution is -2.29. The van der Waals surface area contributed by atoms with Gasteiger partial charge in [0.1, 0.15) is 0 Å². The molecular weight excluding hydrogens is 328 g/mol. The molecule has 4 rings (SSSR count). The van der Waals surface area contributed by atoms with Crippen LogP contribution in [0.1, 0.15) is 46.3 Å². The third-order valence-corrected chi connectivity index (χ3v) is 6.36. The van der Waals surface area contributed by atoms with E-state index in [1.165, 1.54) is 16.2 Å². The fourth-order valence-electron chi connectivity index (χ4n) is 3.02. The van der Waals surface area contributed by atoms with Gasteiger partial charge in [0.25, 0.3) is 5.91 Å². The van der Waals surface area contributed by atoms with Crippen molar-refractivity contribution in [1.29, 1.82) is 0 Å². The Hall–Kier alpha value is -1.66. The van der Waals surface area contributed by atoms with E-state index in [0.717, 1.165) is 37.2 Å². The van der Waals surface area contributed by atoms with E-state index in [2.05, 4.69) is 16.8 Å². The van der Waals surface area contributed by atoms with Crippen molar-refractivity contribution < 1.29 is 9.59 Å². The van der Waals surface area contributed by atoms with Gasteiger partial charge in [0.15, 0.2) is 0 Å². The molecule has 3 heterocycles. The number of anilines is 1. The summed E-state index contributed by atoms with van der Waals surface area (Å²) in [5, 5.41) is 5.76. The minimum absolute atomic E-state index is 0.0813. The highest BCUT2D eigenvalue weighted by Crippen LogP contribution is 2.37. The Bertz CT molecular complexity index is 719. The van der Waals surface area contributed by atoms with E-state index < -0.39 is 0 Å². The SMILES string of the molecule is O=C(Nc1ccc(C(=O)N2CCCC2c2cccs2)s1)C1CC1. The number of nitrogens with one attached hydrogen (secondary N) is 1. The van der Waals surface area contributed by atoms with Gasteiger partial charge in [-0.15, -0.1) is 22.7 Å². The topological polar surface area (TPSA) is 49.4 Å². The summed E-state index contributed by atoms with van der Waals surface area (Å²) in [7, 11) is 0. The Morgan fingerprint density at radius 3 is 2.78 bits per heavy atom. The summed E-state index contributed by atoms with van der Waals surface area (Å²) in [6, 6.07) is 8.02. The van der Waals surface area contributed by atoms with Gasteiger partial charge in [0.2, 0.25) is 5.91 Å². The molecule has 0 bridgehead atoms. The molecule has 1 N–H and O–H groups in total. The molecule has 2 aromatic rings. The standard InChI is InChI=1S/C17H18N2O2S2/c20-16(11-5-6-11)18-15-8-7-14(23-15)17(21)19-9-1-3-12(19)13-4-2-10-22-13/h2,4,7-8,10-12H,1,3,5-6,9H2,(H,18,20). The summed E-state index contributed by atoms with van der Waals surface area (Å²) in [4.78, 5) is 28.6. The molecule has 2 aliphatic rings. The number of amides is 2. The zero-order valence-electron chi connectivity index (χ0n) is 12.7. The van der Waals surface area contributed by atoms with Crippen molar-refractivity contribution in [2.45, 2.75) is 31.7 Å². The number of hydrogen-bond donors (Lipinski definition) is 1. The van der Waals surface area contributed by atoms with E-state index in [-0.39, 0.29) is 23.8 Å². The molecule has 0 aromatic carbocycles. The van der Waals surface area contributed by atoms with E-state index in [1.807, 2.05) is 23.1 Å². The second-order valence-corrected chi connectivity index (χ2v) is 8.16. The van der Waals surface area contributed by atoms with Crippen LogP contribution in [0.4, 0.5) is 5.00 Å². The summed E-state index contributed by atoms with van der Waals surface area (Å²) < 4.78 is 0. The molecule has 2 amide bonds. The van der Waals surface area contributed by atoms with E-state index in [9.17, 15) is 9.59 Å². The summed E-state index contributed by atoms with van der Waals surface area (Å²) >= 11 is 3.09. The average molecular weight is 346 g/mol. The zero-order chi connectivity index (χ0) is 15.8. The normalized spacial score (nSPS) is 20.7. The second-order valence-electron chi connectivity index (χ2n) is 6.10. The van der Waals surface area contributed by atoms with Gasteiger partial charge in [0.05, 0.1) is 15.9 Å². The lowest BCUT2D eigenvalue weighted by Gasteiger charge is -2.23. The predicted molar refractivity (Wildman–Crippen MR) is 93.0 cm³/mol. The van der Waals surface area contributed by atoms with Crippen molar-refractivity contribution in [3.05, 3.63) is 39.4 Å². The molecule has 2 fully saturated rings. The molecule has 0 radical (unpaired) electrons. The lowest BCUT2D eigenvalue weighted by molar-refractivity contribution is -0.117. The Balaban J connectivity index is 1.48. The minimum Gasteiger partial charge on any atom is -0.330 e. The number of carbonyl (C=O) groups is 2. The van der Waals surface area contributed by atoms with Crippen LogP contribution >= 0.6 is 22.7 Å². The monoisotopic (exact) mass is 346 g/mol. The van der Waals surface area contributed by atoms with Gasteiger partial charge in [-0.2, -0.15) is 0 Å². The zero-order valence-corrected chi connectivity index (χ0v) is 14.3. The number of hydrogen-bond acceptors (Lipinski definition) is 4. The van der Waals surface area contributed by atoms with Gasteiger partial charge in [0, 0.05) is 17.3 Å². The molecule has 23 heavy (non-hydrogen) atoms. The summed E-state index contributed by atoms with van der Waals surface area (Å²) in [6.07, 6.45) is 4.05. The van der Waals surface area contributed by atoms with E-state index >= 15 is 0 Å². The fraction of sp³-hybridized carbons (Fsp3) is 0.412. The van der Waals surface area contributed by atoms with E-state index in [0.29, 0.717) is 4.88 Å². The van der Waals surface area contributed by atoms with Crippen molar-refractivity contribution in [1.82, 2.24) is 4.90 Å². The van der Waals surface area contributed by atoms with Gasteiger partial charge in [-0.1, -0.05) is 6.07 Å². The van der Waals surface area contributed by atoms with Crippen molar-refractivity contribution in [2.24, 2.45) is 5.92 Å². The quantitative estimate of drug-likeness (QED) is 0.905. The van der Waals surface area contributed by atoms with Gasteiger partial charge in [-0.25, -0.2) is 0 Å².